The SMILES string of the molecule is CCC(C)Nc1ncc(C(=O)N(CC)C2CCS(=O)(=O)C2)cn1. The molecule has 1 aliphatic rings. The summed E-state index contributed by atoms with van der Waals surface area (Å²) in [6.45, 7) is 6.40. The Balaban J connectivity index is 2.09. The molecule has 2 atom stereocenters. The highest BCUT2D eigenvalue weighted by molar-refractivity contribution is 7.91. The Morgan fingerprint density at radius 2 is 2.04 bits per heavy atom. The van der Waals surface area contributed by atoms with Gasteiger partial charge in [-0.15, -0.1) is 0 Å². The van der Waals surface area contributed by atoms with Gasteiger partial charge in [0.05, 0.1) is 17.1 Å². The van der Waals surface area contributed by atoms with Gasteiger partial charge in [0, 0.05) is 31.0 Å². The third-order valence-electron chi connectivity index (χ3n) is 4.14. The van der Waals surface area contributed by atoms with Gasteiger partial charge in [-0.1, -0.05) is 6.92 Å². The minimum atomic E-state index is -3.02. The quantitative estimate of drug-likeness (QED) is 0.840. The smallest absolute Gasteiger partial charge is 0.257 e. The van der Waals surface area contributed by atoms with Crippen LogP contribution in [0.3, 0.4) is 0 Å². The van der Waals surface area contributed by atoms with Crippen LogP contribution in [-0.2, 0) is 9.84 Å². The number of anilines is 1. The maximum atomic E-state index is 12.6. The molecule has 0 aliphatic carbocycles. The van der Waals surface area contributed by atoms with Gasteiger partial charge in [0.25, 0.3) is 5.91 Å². The topological polar surface area (TPSA) is 92.3 Å². The fourth-order valence-electron chi connectivity index (χ4n) is 2.59. The van der Waals surface area contributed by atoms with Crippen molar-refractivity contribution in [1.29, 1.82) is 0 Å². The van der Waals surface area contributed by atoms with Crippen molar-refractivity contribution in [1.82, 2.24) is 14.9 Å². The van der Waals surface area contributed by atoms with Gasteiger partial charge in [0.2, 0.25) is 5.95 Å². The molecule has 0 bridgehead atoms. The van der Waals surface area contributed by atoms with Crippen molar-refractivity contribution >= 4 is 21.7 Å². The predicted octanol–water partition coefficient (Wildman–Crippen LogP) is 1.34. The van der Waals surface area contributed by atoms with Crippen molar-refractivity contribution < 1.29 is 13.2 Å². The minimum Gasteiger partial charge on any atom is -0.352 e. The summed E-state index contributed by atoms with van der Waals surface area (Å²) >= 11 is 0. The van der Waals surface area contributed by atoms with E-state index in [9.17, 15) is 13.2 Å². The lowest BCUT2D eigenvalue weighted by molar-refractivity contribution is 0.0707. The van der Waals surface area contributed by atoms with Gasteiger partial charge in [-0.05, 0) is 26.7 Å². The molecule has 0 spiro atoms. The Bertz CT molecular complexity index is 645. The zero-order valence-electron chi connectivity index (χ0n) is 13.8. The summed E-state index contributed by atoms with van der Waals surface area (Å²) in [5.41, 5.74) is 0.380. The van der Waals surface area contributed by atoms with E-state index >= 15 is 0 Å². The van der Waals surface area contributed by atoms with Gasteiger partial charge in [0.1, 0.15) is 0 Å². The molecule has 1 aromatic rings. The average molecular weight is 340 g/mol. The van der Waals surface area contributed by atoms with E-state index < -0.39 is 9.84 Å². The standard InChI is InChI=1S/C15H24N4O3S/c1-4-11(3)18-15-16-8-12(9-17-15)14(20)19(5-2)13-6-7-23(21,22)10-13/h8-9,11,13H,4-7,10H2,1-3H3,(H,16,17,18). The number of hydrogen-bond acceptors (Lipinski definition) is 6. The Labute approximate surface area is 137 Å². The van der Waals surface area contributed by atoms with Crippen molar-refractivity contribution in [3.05, 3.63) is 18.0 Å². The summed E-state index contributed by atoms with van der Waals surface area (Å²) in [6, 6.07) is 0.00259. The molecule has 0 saturated carbocycles. The number of carbonyl (C=O) groups is 1. The lowest BCUT2D eigenvalue weighted by atomic mass is 10.2. The highest BCUT2D eigenvalue weighted by Gasteiger charge is 2.34. The molecule has 0 aromatic carbocycles. The molecule has 1 aliphatic heterocycles. The number of nitrogens with zero attached hydrogens (tertiary/aromatic N) is 3. The van der Waals surface area contributed by atoms with Crippen molar-refractivity contribution in [3.63, 3.8) is 0 Å². The zero-order chi connectivity index (χ0) is 17.0. The zero-order valence-corrected chi connectivity index (χ0v) is 14.6. The van der Waals surface area contributed by atoms with E-state index in [0.717, 1.165) is 6.42 Å². The van der Waals surface area contributed by atoms with Crippen LogP contribution in [0.1, 0.15) is 44.0 Å². The summed E-state index contributed by atoms with van der Waals surface area (Å²) in [7, 11) is -3.02. The average Bonchev–Trinajstić information content (AvgIpc) is 2.88. The second-order valence-corrected chi connectivity index (χ2v) is 8.13. The van der Waals surface area contributed by atoms with Crippen LogP contribution in [0.5, 0.6) is 0 Å². The summed E-state index contributed by atoms with van der Waals surface area (Å²) in [6.07, 6.45) is 4.43. The second kappa shape index (κ2) is 7.25. The lowest BCUT2D eigenvalue weighted by Gasteiger charge is -2.26. The van der Waals surface area contributed by atoms with E-state index in [2.05, 4.69) is 22.2 Å². The summed E-state index contributed by atoms with van der Waals surface area (Å²) in [4.78, 5) is 22.5. The number of rotatable bonds is 6. The fraction of sp³-hybridized carbons (Fsp3) is 0.667. The summed E-state index contributed by atoms with van der Waals surface area (Å²) in [5, 5.41) is 3.14. The van der Waals surface area contributed by atoms with Crippen LogP contribution in [0.15, 0.2) is 12.4 Å². The normalized spacial score (nSPS) is 20.9. The van der Waals surface area contributed by atoms with Gasteiger partial charge in [-0.3, -0.25) is 4.79 Å². The van der Waals surface area contributed by atoms with Crippen LogP contribution in [0.4, 0.5) is 5.95 Å². The lowest BCUT2D eigenvalue weighted by Crippen LogP contribution is -2.41. The van der Waals surface area contributed by atoms with E-state index in [1.165, 1.54) is 12.4 Å². The Kier molecular flexibility index (Phi) is 5.56. The van der Waals surface area contributed by atoms with Crippen molar-refractivity contribution in [3.8, 4) is 0 Å². The molecule has 2 heterocycles. The molecule has 128 valence electrons. The number of nitrogens with one attached hydrogen (secondary N) is 1. The molecule has 2 unspecified atom stereocenters. The van der Waals surface area contributed by atoms with Crippen LogP contribution in [-0.4, -0.2) is 59.3 Å². The number of hydrogen-bond donors (Lipinski definition) is 1. The maximum Gasteiger partial charge on any atom is 0.257 e. The van der Waals surface area contributed by atoms with Crippen molar-refractivity contribution in [2.75, 3.05) is 23.4 Å². The largest absolute Gasteiger partial charge is 0.352 e. The van der Waals surface area contributed by atoms with Gasteiger partial charge in [-0.25, -0.2) is 18.4 Å². The third-order valence-corrected chi connectivity index (χ3v) is 5.89. The van der Waals surface area contributed by atoms with Crippen LogP contribution >= 0.6 is 0 Å². The first-order valence-corrected chi connectivity index (χ1v) is 9.78. The van der Waals surface area contributed by atoms with Crippen LogP contribution in [0.2, 0.25) is 0 Å². The molecule has 7 nitrogen and oxygen atoms in total. The first-order valence-electron chi connectivity index (χ1n) is 7.96. The van der Waals surface area contributed by atoms with Gasteiger partial charge in [-0.2, -0.15) is 0 Å². The minimum absolute atomic E-state index is 0.0427. The third kappa shape index (κ3) is 4.40. The maximum absolute atomic E-state index is 12.6. The number of sulfone groups is 1. The summed E-state index contributed by atoms with van der Waals surface area (Å²) < 4.78 is 23.3. The summed E-state index contributed by atoms with van der Waals surface area (Å²) in [5.74, 6) is 0.462. The van der Waals surface area contributed by atoms with Crippen LogP contribution in [0, 0.1) is 0 Å². The van der Waals surface area contributed by atoms with Gasteiger partial charge < -0.3 is 10.2 Å². The molecule has 1 saturated heterocycles. The van der Waals surface area contributed by atoms with Crippen LogP contribution in [0.25, 0.3) is 0 Å². The van der Waals surface area contributed by atoms with E-state index in [1.807, 2.05) is 13.8 Å². The molecule has 1 N–H and O–H groups in total. The molecular formula is C15H24N4O3S. The Morgan fingerprint density at radius 3 is 2.52 bits per heavy atom. The van der Waals surface area contributed by atoms with Crippen molar-refractivity contribution in [2.45, 2.75) is 45.7 Å². The highest BCUT2D eigenvalue weighted by Crippen LogP contribution is 2.19. The molecule has 1 amide bonds. The highest BCUT2D eigenvalue weighted by atomic mass is 32.2. The van der Waals surface area contributed by atoms with E-state index in [1.54, 1.807) is 4.90 Å². The fourth-order valence-corrected chi connectivity index (χ4v) is 4.32. The van der Waals surface area contributed by atoms with E-state index in [0.29, 0.717) is 24.5 Å². The Hall–Kier alpha value is -1.70. The molecular weight excluding hydrogens is 316 g/mol. The van der Waals surface area contributed by atoms with E-state index in [4.69, 9.17) is 0 Å². The van der Waals surface area contributed by atoms with Crippen molar-refractivity contribution in [2.24, 2.45) is 0 Å². The predicted molar refractivity (Wildman–Crippen MR) is 89.2 cm³/mol. The number of carbonyl (C=O) groups excluding carboxylic acids is 1. The second-order valence-electron chi connectivity index (χ2n) is 5.90. The molecule has 1 aromatic heterocycles. The molecule has 0 radical (unpaired) electrons. The number of amides is 1. The molecule has 23 heavy (non-hydrogen) atoms. The molecule has 1 fully saturated rings. The van der Waals surface area contributed by atoms with E-state index in [-0.39, 0.29) is 29.5 Å². The van der Waals surface area contributed by atoms with Crippen LogP contribution < -0.4 is 5.32 Å². The number of aromatic nitrogens is 2. The Morgan fingerprint density at radius 1 is 1.39 bits per heavy atom. The van der Waals surface area contributed by atoms with Gasteiger partial charge >= 0.3 is 0 Å². The van der Waals surface area contributed by atoms with Gasteiger partial charge in [0.15, 0.2) is 9.84 Å². The first-order chi connectivity index (χ1) is 10.9. The monoisotopic (exact) mass is 340 g/mol. The first kappa shape index (κ1) is 17.7. The molecule has 2 rings (SSSR count). The molecule has 8 heteroatoms.